The summed E-state index contributed by atoms with van der Waals surface area (Å²) in [6.07, 6.45) is 4.72. The van der Waals surface area contributed by atoms with Gasteiger partial charge in [0.2, 0.25) is 0 Å². The molecule has 0 fully saturated rings. The number of amides is 1. The lowest BCUT2D eigenvalue weighted by Gasteiger charge is -2.30. The van der Waals surface area contributed by atoms with Crippen molar-refractivity contribution in [3.05, 3.63) is 83.4 Å². The molecule has 0 saturated carbocycles. The Morgan fingerprint density at radius 2 is 1.44 bits per heavy atom. The van der Waals surface area contributed by atoms with Gasteiger partial charge in [-0.15, -0.1) is 0 Å². The van der Waals surface area contributed by atoms with E-state index in [2.05, 4.69) is 5.10 Å². The van der Waals surface area contributed by atoms with Gasteiger partial charge in [-0.2, -0.15) is 10.1 Å². The van der Waals surface area contributed by atoms with E-state index in [4.69, 9.17) is 0 Å². The van der Waals surface area contributed by atoms with Crippen LogP contribution in [-0.2, 0) is 9.59 Å². The first kappa shape index (κ1) is 17.2. The van der Waals surface area contributed by atoms with Crippen LogP contribution in [0.25, 0.3) is 5.57 Å². The summed E-state index contributed by atoms with van der Waals surface area (Å²) >= 11 is 0. The number of anilines is 1. The second kappa shape index (κ2) is 6.16. The van der Waals surface area contributed by atoms with E-state index in [9.17, 15) is 9.59 Å². The molecule has 2 aromatic carbocycles. The van der Waals surface area contributed by atoms with E-state index in [1.165, 1.54) is 11.1 Å². The number of aryl methyl sites for hydroxylation is 2. The number of hydrogen-bond acceptors (Lipinski definition) is 3. The number of carbonyl (C=O) groups excluding carboxylic acids is 2. The van der Waals surface area contributed by atoms with Crippen LogP contribution in [0, 0.1) is 19.3 Å². The first-order chi connectivity index (χ1) is 12.9. The molecule has 1 amide bonds. The van der Waals surface area contributed by atoms with Crippen molar-refractivity contribution < 1.29 is 9.59 Å². The summed E-state index contributed by atoms with van der Waals surface area (Å²) in [5.74, 6) is -0.287. The zero-order valence-electron chi connectivity index (χ0n) is 15.6. The third-order valence-corrected chi connectivity index (χ3v) is 5.20. The molecule has 1 aliphatic carbocycles. The highest BCUT2D eigenvalue weighted by molar-refractivity contribution is 6.30. The van der Waals surface area contributed by atoms with E-state index in [1.807, 2.05) is 69.3 Å². The van der Waals surface area contributed by atoms with Gasteiger partial charge < -0.3 is 0 Å². The molecule has 27 heavy (non-hydrogen) atoms. The zero-order chi connectivity index (χ0) is 19.2. The fourth-order valence-electron chi connectivity index (χ4n) is 3.60. The average molecular weight is 356 g/mol. The van der Waals surface area contributed by atoms with Crippen LogP contribution in [0.1, 0.15) is 23.6 Å². The zero-order valence-corrected chi connectivity index (χ0v) is 15.6. The van der Waals surface area contributed by atoms with Crippen LogP contribution in [0.15, 0.2) is 71.9 Å². The Morgan fingerprint density at radius 3 is 2.07 bits per heavy atom. The molecule has 4 heteroatoms. The van der Waals surface area contributed by atoms with E-state index in [-0.39, 0.29) is 11.7 Å². The van der Waals surface area contributed by atoms with Gasteiger partial charge in [-0.05, 0) is 56.2 Å². The minimum absolute atomic E-state index is 0.120. The normalized spacial score (nSPS) is 21.7. The molecular formula is C23H20N2O2. The molecule has 2 aromatic rings. The Labute approximate surface area is 158 Å². The van der Waals surface area contributed by atoms with E-state index >= 15 is 0 Å². The van der Waals surface area contributed by atoms with Crippen molar-refractivity contribution in [3.8, 4) is 0 Å². The van der Waals surface area contributed by atoms with Gasteiger partial charge in [0.15, 0.2) is 5.78 Å². The molecule has 1 spiro atoms. The topological polar surface area (TPSA) is 49.7 Å². The van der Waals surface area contributed by atoms with E-state index in [1.54, 1.807) is 12.2 Å². The lowest BCUT2D eigenvalue weighted by molar-refractivity contribution is -0.120. The van der Waals surface area contributed by atoms with Gasteiger partial charge in [0.05, 0.1) is 11.4 Å². The highest BCUT2D eigenvalue weighted by Gasteiger charge is 2.52. The third-order valence-electron chi connectivity index (χ3n) is 5.20. The largest absolute Gasteiger partial charge is 0.290 e. The molecule has 4 nitrogen and oxygen atoms in total. The van der Waals surface area contributed by atoms with Gasteiger partial charge >= 0.3 is 0 Å². The smallest absolute Gasteiger partial charge is 0.267 e. The third kappa shape index (κ3) is 2.65. The number of rotatable bonds is 2. The number of nitrogens with zero attached hydrogens (tertiary/aromatic N) is 2. The predicted molar refractivity (Wildman–Crippen MR) is 108 cm³/mol. The number of benzene rings is 2. The summed E-state index contributed by atoms with van der Waals surface area (Å²) in [6.45, 7) is 5.85. The van der Waals surface area contributed by atoms with Crippen molar-refractivity contribution in [2.24, 2.45) is 10.5 Å². The van der Waals surface area contributed by atoms with Crippen LogP contribution in [0.4, 0.5) is 5.69 Å². The van der Waals surface area contributed by atoms with Crippen LogP contribution < -0.4 is 5.01 Å². The Morgan fingerprint density at radius 1 is 0.852 bits per heavy atom. The van der Waals surface area contributed by atoms with Crippen molar-refractivity contribution in [2.75, 3.05) is 5.01 Å². The van der Waals surface area contributed by atoms with Crippen LogP contribution in [0.5, 0.6) is 0 Å². The van der Waals surface area contributed by atoms with E-state index in [0.717, 1.165) is 22.4 Å². The molecular weight excluding hydrogens is 336 g/mol. The van der Waals surface area contributed by atoms with E-state index in [0.29, 0.717) is 11.3 Å². The summed E-state index contributed by atoms with van der Waals surface area (Å²) in [7, 11) is 0. The quantitative estimate of drug-likeness (QED) is 0.808. The van der Waals surface area contributed by atoms with E-state index < -0.39 is 5.41 Å². The fraction of sp³-hybridized carbons (Fsp3) is 0.174. The maximum atomic E-state index is 13.5. The van der Waals surface area contributed by atoms with Crippen molar-refractivity contribution in [2.45, 2.75) is 20.8 Å². The molecule has 0 N–H and O–H groups in total. The van der Waals surface area contributed by atoms with Gasteiger partial charge in [0.1, 0.15) is 5.41 Å². The lowest BCUT2D eigenvalue weighted by atomic mass is 9.70. The van der Waals surface area contributed by atoms with Gasteiger partial charge in [0.25, 0.3) is 5.91 Å². The Kier molecular flexibility index (Phi) is 3.92. The fourth-order valence-corrected chi connectivity index (χ4v) is 3.60. The molecule has 0 bridgehead atoms. The summed E-state index contributed by atoms with van der Waals surface area (Å²) in [5, 5.41) is 6.00. The summed E-state index contributed by atoms with van der Waals surface area (Å²) in [4.78, 5) is 25.7. The van der Waals surface area contributed by atoms with Gasteiger partial charge in [-0.25, -0.2) is 0 Å². The highest BCUT2D eigenvalue weighted by atomic mass is 16.2. The summed E-state index contributed by atoms with van der Waals surface area (Å²) in [5.41, 5.74) is 4.09. The highest BCUT2D eigenvalue weighted by Crippen LogP contribution is 2.46. The second-order valence-corrected chi connectivity index (χ2v) is 7.11. The molecule has 0 saturated heterocycles. The molecule has 134 valence electrons. The average Bonchev–Trinajstić information content (AvgIpc) is 2.90. The number of hydrazone groups is 1. The number of carbonyl (C=O) groups is 2. The minimum atomic E-state index is -1.05. The molecule has 0 aromatic heterocycles. The van der Waals surface area contributed by atoms with Crippen LogP contribution in [-0.4, -0.2) is 17.4 Å². The van der Waals surface area contributed by atoms with Crippen LogP contribution >= 0.6 is 0 Å². The molecule has 1 unspecified atom stereocenters. The molecule has 1 atom stereocenters. The molecule has 1 aliphatic heterocycles. The minimum Gasteiger partial charge on any atom is -0.290 e. The maximum Gasteiger partial charge on any atom is 0.267 e. The SMILES string of the molecule is CC1=NN(c2ccc(C)cc2)C(=O)C12C=CC(=O)C=C2c1ccc(C)cc1. The van der Waals surface area contributed by atoms with Crippen molar-refractivity contribution in [3.63, 3.8) is 0 Å². The van der Waals surface area contributed by atoms with Gasteiger partial charge in [-0.3, -0.25) is 9.59 Å². The molecule has 1 heterocycles. The Hall–Kier alpha value is -3.27. The molecule has 2 aliphatic rings. The number of ketones is 1. The van der Waals surface area contributed by atoms with Gasteiger partial charge in [0, 0.05) is 0 Å². The standard InChI is InChI=1S/C23H20N2O2/c1-15-4-8-18(9-5-15)21-14-20(26)12-13-23(21)17(3)24-25(22(23)27)19-10-6-16(2)7-11-19/h4-14H,1-3H3. The van der Waals surface area contributed by atoms with Crippen molar-refractivity contribution >= 4 is 28.7 Å². The summed E-state index contributed by atoms with van der Waals surface area (Å²) < 4.78 is 0. The Bertz CT molecular complexity index is 1030. The molecule has 0 radical (unpaired) electrons. The lowest BCUT2D eigenvalue weighted by Crippen LogP contribution is -2.40. The first-order valence-electron chi connectivity index (χ1n) is 8.91. The maximum absolute atomic E-state index is 13.5. The van der Waals surface area contributed by atoms with Crippen LogP contribution in [0.3, 0.4) is 0 Å². The second-order valence-electron chi connectivity index (χ2n) is 7.11. The number of hydrogen-bond donors (Lipinski definition) is 0. The number of allylic oxidation sites excluding steroid dienone is 2. The van der Waals surface area contributed by atoms with Crippen molar-refractivity contribution in [1.29, 1.82) is 0 Å². The monoisotopic (exact) mass is 356 g/mol. The molecule has 4 rings (SSSR count). The summed E-state index contributed by atoms with van der Waals surface area (Å²) in [6, 6.07) is 15.5. The first-order valence-corrected chi connectivity index (χ1v) is 8.91. The Balaban J connectivity index is 1.83. The predicted octanol–water partition coefficient (Wildman–Crippen LogP) is 4.23. The van der Waals surface area contributed by atoms with Gasteiger partial charge in [-0.1, -0.05) is 53.6 Å². The van der Waals surface area contributed by atoms with Crippen LogP contribution in [0.2, 0.25) is 0 Å². The van der Waals surface area contributed by atoms with Crippen molar-refractivity contribution in [1.82, 2.24) is 0 Å².